The average Bonchev–Trinajstić information content (AvgIpc) is 2.88. The Balaban J connectivity index is 1.53. The topological polar surface area (TPSA) is 49.8 Å². The number of carbonyl (C=O) groups is 1. The van der Waals surface area contributed by atoms with Gasteiger partial charge in [0.25, 0.3) is 0 Å². The van der Waals surface area contributed by atoms with Crippen LogP contribution in [0, 0.1) is 5.92 Å². The molecular formula is C29H33NO3. The van der Waals surface area contributed by atoms with Crippen LogP contribution in [0.3, 0.4) is 0 Å². The number of ether oxygens (including phenoxy) is 1. The Morgan fingerprint density at radius 2 is 1.48 bits per heavy atom. The predicted octanol–water partition coefficient (Wildman–Crippen LogP) is 5.25. The molecule has 33 heavy (non-hydrogen) atoms. The summed E-state index contributed by atoms with van der Waals surface area (Å²) in [6, 6.07) is 27.9. The zero-order valence-corrected chi connectivity index (χ0v) is 19.3. The zero-order valence-electron chi connectivity index (χ0n) is 19.3. The SMILES string of the molecule is CC(OCc1ccccc1)(C(=O)c1ccccc1CO)N1CCC(Cc2ccccc2)CC1. The van der Waals surface area contributed by atoms with Crippen LogP contribution in [0.4, 0.5) is 0 Å². The Kier molecular flexibility index (Phi) is 7.71. The fourth-order valence-corrected chi connectivity index (χ4v) is 4.74. The molecule has 0 aromatic heterocycles. The van der Waals surface area contributed by atoms with Gasteiger partial charge in [0.15, 0.2) is 5.72 Å². The lowest BCUT2D eigenvalue weighted by molar-refractivity contribution is -0.130. The Hall–Kier alpha value is -2.79. The third-order valence-corrected chi connectivity index (χ3v) is 6.80. The number of hydrogen-bond acceptors (Lipinski definition) is 4. The molecule has 4 nitrogen and oxygen atoms in total. The summed E-state index contributed by atoms with van der Waals surface area (Å²) in [6.07, 6.45) is 3.11. The van der Waals surface area contributed by atoms with Crippen molar-refractivity contribution in [3.8, 4) is 0 Å². The number of hydrogen-bond donors (Lipinski definition) is 1. The smallest absolute Gasteiger partial charge is 0.209 e. The zero-order chi connectivity index (χ0) is 23.1. The van der Waals surface area contributed by atoms with Gasteiger partial charge in [0.2, 0.25) is 5.78 Å². The number of aliphatic hydroxyl groups excluding tert-OH is 1. The van der Waals surface area contributed by atoms with Gasteiger partial charge in [-0.3, -0.25) is 9.69 Å². The highest BCUT2D eigenvalue weighted by Crippen LogP contribution is 2.31. The molecule has 3 aromatic rings. The predicted molar refractivity (Wildman–Crippen MR) is 131 cm³/mol. The molecule has 4 heteroatoms. The molecule has 1 aliphatic rings. The second kappa shape index (κ2) is 10.9. The molecule has 0 saturated carbocycles. The maximum Gasteiger partial charge on any atom is 0.209 e. The summed E-state index contributed by atoms with van der Waals surface area (Å²) in [4.78, 5) is 16.1. The lowest BCUT2D eigenvalue weighted by Crippen LogP contribution is -2.57. The highest BCUT2D eigenvalue weighted by molar-refractivity contribution is 6.03. The minimum atomic E-state index is -1.10. The van der Waals surface area contributed by atoms with Crippen LogP contribution < -0.4 is 0 Å². The van der Waals surface area contributed by atoms with Gasteiger partial charge in [-0.1, -0.05) is 84.9 Å². The van der Waals surface area contributed by atoms with E-state index >= 15 is 0 Å². The van der Waals surface area contributed by atoms with E-state index in [0.29, 0.717) is 23.7 Å². The fraction of sp³-hybridized carbons (Fsp3) is 0.345. The van der Waals surface area contributed by atoms with Crippen LogP contribution in [0.2, 0.25) is 0 Å². The van der Waals surface area contributed by atoms with Gasteiger partial charge in [-0.2, -0.15) is 0 Å². The molecule has 1 aliphatic heterocycles. The third-order valence-electron chi connectivity index (χ3n) is 6.80. The number of rotatable bonds is 9. The molecule has 0 bridgehead atoms. The van der Waals surface area contributed by atoms with Crippen molar-refractivity contribution in [1.29, 1.82) is 0 Å². The van der Waals surface area contributed by atoms with Gasteiger partial charge in [0, 0.05) is 18.7 Å². The highest BCUT2D eigenvalue weighted by atomic mass is 16.5. The Morgan fingerprint density at radius 3 is 2.12 bits per heavy atom. The second-order valence-electron chi connectivity index (χ2n) is 9.02. The van der Waals surface area contributed by atoms with Crippen molar-refractivity contribution in [2.75, 3.05) is 13.1 Å². The van der Waals surface area contributed by atoms with Gasteiger partial charge in [-0.25, -0.2) is 0 Å². The Bertz CT molecular complexity index is 1030. The summed E-state index contributed by atoms with van der Waals surface area (Å²) < 4.78 is 6.42. The van der Waals surface area contributed by atoms with Gasteiger partial charge < -0.3 is 9.84 Å². The van der Waals surface area contributed by atoms with Crippen molar-refractivity contribution in [1.82, 2.24) is 4.90 Å². The number of piperidine rings is 1. The molecule has 1 atom stereocenters. The molecule has 1 heterocycles. The Morgan fingerprint density at radius 1 is 0.909 bits per heavy atom. The van der Waals surface area contributed by atoms with E-state index in [0.717, 1.165) is 37.9 Å². The van der Waals surface area contributed by atoms with Crippen molar-refractivity contribution in [2.45, 2.75) is 45.1 Å². The van der Waals surface area contributed by atoms with Gasteiger partial charge in [-0.15, -0.1) is 0 Å². The Labute approximate surface area is 196 Å². The van der Waals surface area contributed by atoms with Gasteiger partial charge in [0.05, 0.1) is 13.2 Å². The van der Waals surface area contributed by atoms with E-state index in [2.05, 4.69) is 35.2 Å². The summed E-state index contributed by atoms with van der Waals surface area (Å²) in [5.41, 5.74) is 2.47. The first-order chi connectivity index (χ1) is 16.1. The standard InChI is InChI=1S/C29H33NO3/c1-29(33-22-25-12-6-3-7-13-25,28(32)27-15-9-8-14-26(27)21-31)30-18-16-24(17-19-30)20-23-10-4-2-5-11-23/h2-15,24,31H,16-22H2,1H3. The number of carbonyl (C=O) groups excluding carboxylic acids is 1. The number of benzene rings is 3. The third kappa shape index (κ3) is 5.59. The molecule has 0 radical (unpaired) electrons. The highest BCUT2D eigenvalue weighted by Gasteiger charge is 2.43. The van der Waals surface area contributed by atoms with Crippen LogP contribution in [0.15, 0.2) is 84.9 Å². The molecule has 0 amide bonds. The van der Waals surface area contributed by atoms with E-state index in [-0.39, 0.29) is 12.4 Å². The number of nitrogens with zero attached hydrogens (tertiary/aromatic N) is 1. The molecule has 1 unspecified atom stereocenters. The van der Waals surface area contributed by atoms with E-state index in [1.807, 2.05) is 49.4 Å². The largest absolute Gasteiger partial charge is 0.392 e. The second-order valence-corrected chi connectivity index (χ2v) is 9.02. The fourth-order valence-electron chi connectivity index (χ4n) is 4.74. The first-order valence-electron chi connectivity index (χ1n) is 11.8. The van der Waals surface area contributed by atoms with Gasteiger partial charge in [-0.05, 0) is 48.8 Å². The lowest BCUT2D eigenvalue weighted by Gasteiger charge is -2.43. The van der Waals surface area contributed by atoms with Crippen molar-refractivity contribution in [2.24, 2.45) is 5.92 Å². The summed E-state index contributed by atoms with van der Waals surface area (Å²) in [5, 5.41) is 9.82. The molecular weight excluding hydrogens is 410 g/mol. The number of aliphatic hydroxyl groups is 1. The molecule has 0 spiro atoms. The first kappa shape index (κ1) is 23.4. The minimum Gasteiger partial charge on any atom is -0.392 e. The van der Waals surface area contributed by atoms with Crippen LogP contribution in [-0.4, -0.2) is 34.6 Å². The van der Waals surface area contributed by atoms with Crippen molar-refractivity contribution in [3.63, 3.8) is 0 Å². The summed E-state index contributed by atoms with van der Waals surface area (Å²) in [5.74, 6) is 0.506. The van der Waals surface area contributed by atoms with E-state index < -0.39 is 5.72 Å². The molecule has 1 fully saturated rings. The van der Waals surface area contributed by atoms with E-state index in [1.165, 1.54) is 5.56 Å². The van der Waals surface area contributed by atoms with Crippen molar-refractivity contribution in [3.05, 3.63) is 107 Å². The molecule has 1 saturated heterocycles. The first-order valence-corrected chi connectivity index (χ1v) is 11.8. The van der Waals surface area contributed by atoms with E-state index in [4.69, 9.17) is 4.74 Å². The summed E-state index contributed by atoms with van der Waals surface area (Å²) in [6.45, 7) is 3.68. The maximum atomic E-state index is 13.9. The van der Waals surface area contributed by atoms with Gasteiger partial charge >= 0.3 is 0 Å². The molecule has 3 aromatic carbocycles. The normalized spacial score (nSPS) is 16.9. The van der Waals surface area contributed by atoms with E-state index in [9.17, 15) is 9.90 Å². The number of likely N-dealkylation sites (tertiary alicyclic amines) is 1. The van der Waals surface area contributed by atoms with Crippen molar-refractivity contribution < 1.29 is 14.6 Å². The molecule has 4 rings (SSSR count). The number of Topliss-reactive ketones (excluding diaryl/α,β-unsaturated/α-hetero) is 1. The summed E-state index contributed by atoms with van der Waals surface area (Å²) >= 11 is 0. The van der Waals surface area contributed by atoms with Crippen LogP contribution >= 0.6 is 0 Å². The van der Waals surface area contributed by atoms with Crippen LogP contribution in [0.5, 0.6) is 0 Å². The molecule has 172 valence electrons. The van der Waals surface area contributed by atoms with Crippen LogP contribution in [0.25, 0.3) is 0 Å². The monoisotopic (exact) mass is 443 g/mol. The van der Waals surface area contributed by atoms with Crippen LogP contribution in [-0.2, 0) is 24.4 Å². The van der Waals surface area contributed by atoms with Gasteiger partial charge in [0.1, 0.15) is 0 Å². The lowest BCUT2D eigenvalue weighted by atomic mass is 9.88. The average molecular weight is 444 g/mol. The molecule has 1 N–H and O–H groups in total. The maximum absolute atomic E-state index is 13.9. The number of ketones is 1. The quantitative estimate of drug-likeness (QED) is 0.459. The van der Waals surface area contributed by atoms with Crippen LogP contribution in [0.1, 0.15) is 46.8 Å². The summed E-state index contributed by atoms with van der Waals surface area (Å²) in [7, 11) is 0. The minimum absolute atomic E-state index is 0.0930. The molecule has 0 aliphatic carbocycles. The van der Waals surface area contributed by atoms with Crippen molar-refractivity contribution >= 4 is 5.78 Å². The van der Waals surface area contributed by atoms with E-state index in [1.54, 1.807) is 12.1 Å².